The molecule has 3 aromatic carbocycles. The quantitative estimate of drug-likeness (QED) is 0.282. The number of benzene rings is 3. The minimum Gasteiger partial charge on any atom is -0.429 e. The van der Waals surface area contributed by atoms with Gasteiger partial charge in [0.1, 0.15) is 23.2 Å². The van der Waals surface area contributed by atoms with E-state index in [0.717, 1.165) is 24.3 Å². The van der Waals surface area contributed by atoms with Gasteiger partial charge in [0.05, 0.1) is 17.2 Å². The molecular formula is C25H16F10O. The molecular weight excluding hydrogens is 506 g/mol. The Bertz CT molecular complexity index is 1250. The molecule has 192 valence electrons. The van der Waals surface area contributed by atoms with Gasteiger partial charge in [-0.05, 0) is 29.7 Å². The highest BCUT2D eigenvalue weighted by Gasteiger charge is 2.35. The molecule has 0 saturated carbocycles. The Morgan fingerprint density at radius 3 is 1.94 bits per heavy atom. The Hall–Kier alpha value is -3.50. The highest BCUT2D eigenvalue weighted by Crippen LogP contribution is 2.36. The van der Waals surface area contributed by atoms with Gasteiger partial charge < -0.3 is 4.74 Å². The molecule has 0 N–H and O–H groups in total. The minimum absolute atomic E-state index is 0.0577. The second-order valence-electron chi connectivity index (χ2n) is 7.64. The van der Waals surface area contributed by atoms with Crippen molar-refractivity contribution >= 4 is 5.83 Å². The lowest BCUT2D eigenvalue weighted by Gasteiger charge is -2.19. The SMILES string of the molecule is CCCc1ccc(-c2ccc(C(F)(F)Oc3cc(F)c(/C(F)=C/C(F)(F)F)c(F)c3)cc2)c(F)c1F. The maximum atomic E-state index is 14.6. The van der Waals surface area contributed by atoms with Crippen LogP contribution in [0.4, 0.5) is 43.9 Å². The lowest BCUT2D eigenvalue weighted by atomic mass is 9.99. The lowest BCUT2D eigenvalue weighted by Crippen LogP contribution is -2.22. The van der Waals surface area contributed by atoms with E-state index in [2.05, 4.69) is 4.74 Å². The van der Waals surface area contributed by atoms with Crippen LogP contribution in [0.25, 0.3) is 17.0 Å². The largest absolute Gasteiger partial charge is 0.429 e. The Balaban J connectivity index is 1.86. The molecule has 0 amide bonds. The zero-order valence-electron chi connectivity index (χ0n) is 18.3. The summed E-state index contributed by atoms with van der Waals surface area (Å²) in [4.78, 5) is 0. The van der Waals surface area contributed by atoms with Gasteiger partial charge in [0.15, 0.2) is 11.6 Å². The van der Waals surface area contributed by atoms with E-state index >= 15 is 0 Å². The van der Waals surface area contributed by atoms with Crippen molar-refractivity contribution < 1.29 is 48.6 Å². The van der Waals surface area contributed by atoms with Crippen LogP contribution in [0.15, 0.2) is 54.6 Å². The molecule has 36 heavy (non-hydrogen) atoms. The number of hydrogen-bond donors (Lipinski definition) is 0. The van der Waals surface area contributed by atoms with E-state index in [1.807, 2.05) is 0 Å². The van der Waals surface area contributed by atoms with Crippen LogP contribution in [-0.2, 0) is 12.5 Å². The van der Waals surface area contributed by atoms with Crippen molar-refractivity contribution in [3.63, 3.8) is 0 Å². The van der Waals surface area contributed by atoms with E-state index in [1.54, 1.807) is 6.92 Å². The molecule has 3 aromatic rings. The van der Waals surface area contributed by atoms with Gasteiger partial charge in [-0.2, -0.15) is 22.0 Å². The normalized spacial score (nSPS) is 12.7. The van der Waals surface area contributed by atoms with Gasteiger partial charge in [-0.1, -0.05) is 37.6 Å². The van der Waals surface area contributed by atoms with E-state index in [1.165, 1.54) is 12.1 Å². The van der Waals surface area contributed by atoms with Crippen LogP contribution in [0, 0.1) is 23.3 Å². The third-order valence-electron chi connectivity index (χ3n) is 5.00. The second-order valence-corrected chi connectivity index (χ2v) is 7.64. The minimum atomic E-state index is -5.22. The standard InChI is InChI=1S/C25H16F10O/c1-2-3-14-6-9-17(23(30)22(14)29)13-4-7-15(8-5-13)25(34,35)36-16-10-18(26)21(19(27)11-16)20(28)12-24(31,32)33/h4-12H,2-3H2,1H3/b20-12-. The highest BCUT2D eigenvalue weighted by molar-refractivity contribution is 5.65. The molecule has 0 heterocycles. The van der Waals surface area contributed by atoms with Crippen LogP contribution in [0.1, 0.15) is 30.0 Å². The van der Waals surface area contributed by atoms with Crippen molar-refractivity contribution in [2.75, 3.05) is 0 Å². The zero-order valence-corrected chi connectivity index (χ0v) is 18.3. The molecule has 11 heteroatoms. The van der Waals surface area contributed by atoms with Crippen LogP contribution in [0.3, 0.4) is 0 Å². The topological polar surface area (TPSA) is 9.23 Å². The van der Waals surface area contributed by atoms with Crippen molar-refractivity contribution in [1.82, 2.24) is 0 Å². The van der Waals surface area contributed by atoms with Crippen LogP contribution in [-0.4, -0.2) is 6.18 Å². The monoisotopic (exact) mass is 522 g/mol. The van der Waals surface area contributed by atoms with E-state index < -0.39 is 64.3 Å². The molecule has 0 bridgehead atoms. The molecule has 0 aliphatic heterocycles. The average molecular weight is 522 g/mol. The third kappa shape index (κ3) is 6.00. The Morgan fingerprint density at radius 2 is 1.42 bits per heavy atom. The summed E-state index contributed by atoms with van der Waals surface area (Å²) in [5.41, 5.74) is -2.51. The fraction of sp³-hybridized carbons (Fsp3) is 0.200. The first-order valence-electron chi connectivity index (χ1n) is 10.3. The zero-order chi connectivity index (χ0) is 26.8. The summed E-state index contributed by atoms with van der Waals surface area (Å²) in [6.45, 7) is 1.78. The van der Waals surface area contributed by atoms with Gasteiger partial charge in [0.25, 0.3) is 0 Å². The van der Waals surface area contributed by atoms with Gasteiger partial charge >= 0.3 is 12.3 Å². The first-order chi connectivity index (χ1) is 16.7. The Kier molecular flexibility index (Phi) is 7.70. The average Bonchev–Trinajstić information content (AvgIpc) is 2.75. The number of halogens is 10. The summed E-state index contributed by atoms with van der Waals surface area (Å²) in [7, 11) is 0. The number of rotatable bonds is 7. The molecule has 0 atom stereocenters. The number of alkyl halides is 5. The predicted molar refractivity (Wildman–Crippen MR) is 112 cm³/mol. The maximum absolute atomic E-state index is 14.6. The summed E-state index contributed by atoms with van der Waals surface area (Å²) in [5, 5.41) is 0. The Labute approximate surface area is 198 Å². The van der Waals surface area contributed by atoms with Gasteiger partial charge in [0.2, 0.25) is 0 Å². The molecule has 0 aliphatic rings. The molecule has 0 fully saturated rings. The van der Waals surface area contributed by atoms with Crippen molar-refractivity contribution in [2.45, 2.75) is 32.1 Å². The van der Waals surface area contributed by atoms with E-state index in [-0.39, 0.29) is 28.8 Å². The number of hydrogen-bond acceptors (Lipinski definition) is 1. The fourth-order valence-electron chi connectivity index (χ4n) is 3.38. The molecule has 0 aromatic heterocycles. The maximum Gasteiger partial charge on any atom is 0.426 e. The van der Waals surface area contributed by atoms with E-state index in [4.69, 9.17) is 0 Å². The second kappa shape index (κ2) is 10.2. The highest BCUT2D eigenvalue weighted by atomic mass is 19.4. The summed E-state index contributed by atoms with van der Waals surface area (Å²) in [5.74, 6) is -9.45. The van der Waals surface area contributed by atoms with Gasteiger partial charge in [-0.15, -0.1) is 0 Å². The first kappa shape index (κ1) is 27.1. The molecule has 0 saturated heterocycles. The molecule has 1 nitrogen and oxygen atoms in total. The summed E-state index contributed by atoms with van der Waals surface area (Å²) in [6, 6.07) is 6.58. The van der Waals surface area contributed by atoms with Gasteiger partial charge in [-0.3, -0.25) is 0 Å². The molecule has 0 spiro atoms. The van der Waals surface area contributed by atoms with Gasteiger partial charge in [-0.25, -0.2) is 22.0 Å². The van der Waals surface area contributed by atoms with Crippen LogP contribution >= 0.6 is 0 Å². The molecule has 0 radical (unpaired) electrons. The van der Waals surface area contributed by atoms with Crippen molar-refractivity contribution in [2.24, 2.45) is 0 Å². The van der Waals surface area contributed by atoms with Crippen LogP contribution in [0.5, 0.6) is 5.75 Å². The molecule has 0 aliphatic carbocycles. The predicted octanol–water partition coefficient (Wildman–Crippen LogP) is 8.86. The third-order valence-corrected chi connectivity index (χ3v) is 5.00. The van der Waals surface area contributed by atoms with Gasteiger partial charge in [0, 0.05) is 17.7 Å². The van der Waals surface area contributed by atoms with Crippen LogP contribution < -0.4 is 4.74 Å². The smallest absolute Gasteiger partial charge is 0.426 e. The number of allylic oxidation sites excluding steroid dienone is 1. The summed E-state index contributed by atoms with van der Waals surface area (Å²) < 4.78 is 140. The summed E-state index contributed by atoms with van der Waals surface area (Å²) in [6.07, 6.45) is -9.54. The van der Waals surface area contributed by atoms with Crippen LogP contribution in [0.2, 0.25) is 0 Å². The van der Waals surface area contributed by atoms with Crippen molar-refractivity contribution in [3.05, 3.63) is 94.6 Å². The Morgan fingerprint density at radius 1 is 0.833 bits per heavy atom. The summed E-state index contributed by atoms with van der Waals surface area (Å²) >= 11 is 0. The molecule has 3 rings (SSSR count). The van der Waals surface area contributed by atoms with Crippen molar-refractivity contribution in [3.8, 4) is 16.9 Å². The van der Waals surface area contributed by atoms with E-state index in [9.17, 15) is 43.9 Å². The number of ether oxygens (including phenoxy) is 1. The molecule has 0 unspecified atom stereocenters. The fourth-order valence-corrected chi connectivity index (χ4v) is 3.38. The first-order valence-corrected chi connectivity index (χ1v) is 10.3. The lowest BCUT2D eigenvalue weighted by molar-refractivity contribution is -0.185. The van der Waals surface area contributed by atoms with E-state index in [0.29, 0.717) is 12.8 Å². The van der Waals surface area contributed by atoms with Crippen molar-refractivity contribution in [1.29, 1.82) is 0 Å². The number of aryl methyl sites for hydroxylation is 1.